The fourth-order valence-corrected chi connectivity index (χ4v) is 4.94. The molecule has 3 aromatic rings. The summed E-state index contributed by atoms with van der Waals surface area (Å²) >= 11 is 0. The molecule has 2 saturated heterocycles. The average Bonchev–Trinajstić information content (AvgIpc) is 3.47. The zero-order valence-corrected chi connectivity index (χ0v) is 19.5. The first-order valence-electron chi connectivity index (χ1n) is 11.3. The Kier molecular flexibility index (Phi) is 5.78. The van der Waals surface area contributed by atoms with Gasteiger partial charge in [0.2, 0.25) is 0 Å². The molecule has 1 amide bonds. The van der Waals surface area contributed by atoms with E-state index < -0.39 is 23.5 Å². The van der Waals surface area contributed by atoms with Crippen LogP contribution in [0.2, 0.25) is 0 Å². The molecule has 35 heavy (non-hydrogen) atoms. The van der Waals surface area contributed by atoms with E-state index in [4.69, 9.17) is 9.47 Å². The number of methoxy groups -OCH3 is 1. The third-order valence-corrected chi connectivity index (χ3v) is 6.61. The van der Waals surface area contributed by atoms with E-state index in [1.165, 1.54) is 0 Å². The monoisotopic (exact) mass is 483 g/mol. The number of aromatic nitrogens is 2. The molecule has 0 radical (unpaired) electrons. The van der Waals surface area contributed by atoms with Crippen molar-refractivity contribution in [1.29, 1.82) is 0 Å². The number of hydrogen-bond acceptors (Lipinski definition) is 4. The smallest absolute Gasteiger partial charge is 0.289 e. The lowest BCUT2D eigenvalue weighted by atomic mass is 10.0. The van der Waals surface area contributed by atoms with Crippen LogP contribution in [0.25, 0.3) is 11.8 Å². The molecule has 6 nitrogen and oxygen atoms in total. The van der Waals surface area contributed by atoms with Gasteiger partial charge in [-0.3, -0.25) is 4.79 Å². The Morgan fingerprint density at radius 2 is 1.89 bits per heavy atom. The van der Waals surface area contributed by atoms with Gasteiger partial charge in [0.15, 0.2) is 23.2 Å². The summed E-state index contributed by atoms with van der Waals surface area (Å²) in [7, 11) is 1.56. The number of nitrogens with zero attached hydrogens (tertiary/aromatic N) is 3. The number of carbonyl (C=O) groups excluding carboxylic acids is 1. The largest absolute Gasteiger partial charge is 0.495 e. The number of halogens is 3. The number of carbonyl (C=O) groups is 1. The lowest BCUT2D eigenvalue weighted by Crippen LogP contribution is -2.49. The van der Waals surface area contributed by atoms with Crippen LogP contribution >= 0.6 is 0 Å². The molecule has 2 aliphatic rings. The van der Waals surface area contributed by atoms with Crippen LogP contribution in [0.5, 0.6) is 5.75 Å². The van der Waals surface area contributed by atoms with Gasteiger partial charge in [-0.25, -0.2) is 18.2 Å². The van der Waals surface area contributed by atoms with Crippen molar-refractivity contribution in [3.63, 3.8) is 0 Å². The Hall–Kier alpha value is -3.75. The van der Waals surface area contributed by atoms with Crippen LogP contribution < -0.4 is 4.74 Å². The summed E-state index contributed by atoms with van der Waals surface area (Å²) in [5.41, 5.74) is 2.57. The molecule has 1 aromatic heterocycles. The highest BCUT2D eigenvalue weighted by molar-refractivity contribution is 5.97. The minimum atomic E-state index is -1.52. The predicted molar refractivity (Wildman–Crippen MR) is 122 cm³/mol. The van der Waals surface area contributed by atoms with E-state index in [0.29, 0.717) is 24.2 Å². The zero-order chi connectivity index (χ0) is 24.9. The molecule has 2 fully saturated rings. The Labute approximate surface area is 200 Å². The molecule has 9 heteroatoms. The first-order valence-corrected chi connectivity index (χ1v) is 11.3. The van der Waals surface area contributed by atoms with Crippen LogP contribution in [0.3, 0.4) is 0 Å². The molecule has 3 heterocycles. The lowest BCUT2D eigenvalue weighted by Gasteiger charge is -2.39. The van der Waals surface area contributed by atoms with Gasteiger partial charge in [0.25, 0.3) is 5.91 Å². The molecule has 0 aliphatic carbocycles. The summed E-state index contributed by atoms with van der Waals surface area (Å²) in [4.78, 5) is 19.3. The van der Waals surface area contributed by atoms with Crippen LogP contribution in [-0.4, -0.2) is 39.6 Å². The SMILES string of the molecule is COc1cc(/C=C2\O[C@H](C)[C@H]3CC[C@@H](c4cc(F)c(F)c(F)c4)N3C2=O)ccc1-n1cnc(C)c1. The second-order valence-corrected chi connectivity index (χ2v) is 8.86. The van der Waals surface area contributed by atoms with Gasteiger partial charge in [-0.1, -0.05) is 6.07 Å². The molecule has 2 aromatic carbocycles. The van der Waals surface area contributed by atoms with Crippen molar-refractivity contribution in [2.45, 2.75) is 44.9 Å². The molecule has 0 bridgehead atoms. The second kappa shape index (κ2) is 8.79. The quantitative estimate of drug-likeness (QED) is 0.383. The molecule has 182 valence electrons. The molecule has 0 saturated carbocycles. The molecule has 0 N–H and O–H groups in total. The van der Waals surface area contributed by atoms with Gasteiger partial charge in [-0.05, 0) is 68.2 Å². The maximum Gasteiger partial charge on any atom is 0.289 e. The van der Waals surface area contributed by atoms with Crippen molar-refractivity contribution in [3.8, 4) is 11.4 Å². The van der Waals surface area contributed by atoms with Crippen LogP contribution in [-0.2, 0) is 9.53 Å². The number of morpholine rings is 1. The maximum absolute atomic E-state index is 13.9. The Morgan fingerprint density at radius 1 is 1.14 bits per heavy atom. The summed E-state index contributed by atoms with van der Waals surface area (Å²) in [6.07, 6.45) is 5.97. The van der Waals surface area contributed by atoms with Gasteiger partial charge in [0.1, 0.15) is 11.9 Å². The van der Waals surface area contributed by atoms with Crippen LogP contribution in [0.4, 0.5) is 13.2 Å². The fraction of sp³-hybridized carbons (Fsp3) is 0.308. The van der Waals surface area contributed by atoms with Gasteiger partial charge in [-0.15, -0.1) is 0 Å². The highest BCUT2D eigenvalue weighted by Crippen LogP contribution is 2.43. The Balaban J connectivity index is 1.48. The third-order valence-electron chi connectivity index (χ3n) is 6.61. The summed E-state index contributed by atoms with van der Waals surface area (Å²) in [5, 5.41) is 0. The topological polar surface area (TPSA) is 56.6 Å². The molecular formula is C26H24F3N3O3. The van der Waals surface area contributed by atoms with Crippen LogP contribution in [0.15, 0.2) is 48.6 Å². The van der Waals surface area contributed by atoms with Gasteiger partial charge >= 0.3 is 0 Å². The number of amides is 1. The molecular weight excluding hydrogens is 459 g/mol. The van der Waals surface area contributed by atoms with Gasteiger partial charge in [0.05, 0.1) is 36.9 Å². The number of ether oxygens (including phenoxy) is 2. The predicted octanol–water partition coefficient (Wildman–Crippen LogP) is 5.10. The summed E-state index contributed by atoms with van der Waals surface area (Å²) < 4.78 is 54.7. The minimum absolute atomic E-state index is 0.122. The molecule has 2 aliphatic heterocycles. The number of aryl methyl sites for hydroxylation is 1. The Bertz CT molecular complexity index is 1310. The van der Waals surface area contributed by atoms with E-state index in [9.17, 15) is 18.0 Å². The summed E-state index contributed by atoms with van der Waals surface area (Å²) in [6, 6.07) is 6.58. The number of fused-ring (bicyclic) bond motifs is 1. The second-order valence-electron chi connectivity index (χ2n) is 8.86. The third kappa shape index (κ3) is 4.05. The van der Waals surface area contributed by atoms with Crippen molar-refractivity contribution in [2.24, 2.45) is 0 Å². The van der Waals surface area contributed by atoms with E-state index in [0.717, 1.165) is 23.5 Å². The highest BCUT2D eigenvalue weighted by atomic mass is 19.2. The van der Waals surface area contributed by atoms with E-state index in [1.54, 1.807) is 30.5 Å². The minimum Gasteiger partial charge on any atom is -0.495 e. The average molecular weight is 483 g/mol. The summed E-state index contributed by atoms with van der Waals surface area (Å²) in [6.45, 7) is 3.75. The van der Waals surface area contributed by atoms with Crippen LogP contribution in [0, 0.1) is 24.4 Å². The lowest BCUT2D eigenvalue weighted by molar-refractivity contribution is -0.144. The van der Waals surface area contributed by atoms with E-state index >= 15 is 0 Å². The van der Waals surface area contributed by atoms with Gasteiger partial charge in [-0.2, -0.15) is 0 Å². The van der Waals surface area contributed by atoms with Crippen molar-refractivity contribution < 1.29 is 27.4 Å². The highest BCUT2D eigenvalue weighted by Gasteiger charge is 2.46. The van der Waals surface area contributed by atoms with Gasteiger partial charge in [0, 0.05) is 6.20 Å². The number of hydrogen-bond donors (Lipinski definition) is 0. The first kappa shape index (κ1) is 23.0. The van der Waals surface area contributed by atoms with Crippen molar-refractivity contribution >= 4 is 12.0 Å². The first-order chi connectivity index (χ1) is 16.8. The molecule has 5 rings (SSSR count). The standard InChI is InChI=1S/C26H24F3N3O3/c1-14-12-31(13-30-14)22-5-4-16(8-23(22)34-3)9-24-26(33)32-20(15(2)35-24)6-7-21(32)17-10-18(27)25(29)19(28)11-17/h4-5,8-13,15,20-21H,6-7H2,1-3H3/b24-9-/t15-,20-,21+/m1/s1. The van der Waals surface area contributed by atoms with E-state index in [-0.39, 0.29) is 29.4 Å². The molecule has 0 unspecified atom stereocenters. The fourth-order valence-electron chi connectivity index (χ4n) is 4.94. The number of benzene rings is 2. The van der Waals surface area contributed by atoms with E-state index in [1.807, 2.05) is 36.7 Å². The van der Waals surface area contributed by atoms with Crippen LogP contribution in [0.1, 0.15) is 42.6 Å². The normalized spacial score (nSPS) is 22.9. The number of imidazole rings is 1. The summed E-state index contributed by atoms with van der Waals surface area (Å²) in [5.74, 6) is -3.73. The molecule has 0 spiro atoms. The number of rotatable bonds is 4. The molecule has 3 atom stereocenters. The van der Waals surface area contributed by atoms with E-state index in [2.05, 4.69) is 4.98 Å². The van der Waals surface area contributed by atoms with Gasteiger partial charge < -0.3 is 18.9 Å². The van der Waals surface area contributed by atoms with Crippen molar-refractivity contribution in [1.82, 2.24) is 14.5 Å². The Morgan fingerprint density at radius 3 is 2.54 bits per heavy atom. The van der Waals surface area contributed by atoms with Crippen molar-refractivity contribution in [3.05, 3.63) is 82.9 Å². The zero-order valence-electron chi connectivity index (χ0n) is 19.5. The van der Waals surface area contributed by atoms with Crippen molar-refractivity contribution in [2.75, 3.05) is 7.11 Å². The maximum atomic E-state index is 13.9.